The van der Waals surface area contributed by atoms with E-state index in [-0.39, 0.29) is 6.04 Å². The number of nitrogens with two attached hydrogens (primary N) is 1. The highest BCUT2D eigenvalue weighted by Crippen LogP contribution is 2.30. The van der Waals surface area contributed by atoms with Crippen LogP contribution >= 0.6 is 15.9 Å². The molecule has 2 rings (SSSR count). The van der Waals surface area contributed by atoms with Gasteiger partial charge < -0.3 is 5.73 Å². The lowest BCUT2D eigenvalue weighted by molar-refractivity contribution is 0.783. The van der Waals surface area contributed by atoms with Gasteiger partial charge in [0.05, 0.1) is 6.04 Å². The molecule has 0 saturated carbocycles. The fraction of sp³-hybridized carbons (Fsp3) is 0.385. The maximum atomic E-state index is 6.25. The Morgan fingerprint density at radius 2 is 2.13 bits per heavy atom. The van der Waals surface area contributed by atoms with Gasteiger partial charge in [0.1, 0.15) is 0 Å². The molecule has 0 aliphatic heterocycles. The molecule has 1 aromatic rings. The summed E-state index contributed by atoms with van der Waals surface area (Å²) in [5, 5.41) is 0. The molecule has 1 nitrogen and oxygen atoms in total. The largest absolute Gasteiger partial charge is 0.321 e. The summed E-state index contributed by atoms with van der Waals surface area (Å²) in [5.41, 5.74) is 10.1. The molecule has 0 radical (unpaired) electrons. The van der Waals surface area contributed by atoms with Crippen LogP contribution in [-0.2, 0) is 0 Å². The zero-order chi connectivity index (χ0) is 10.8. The summed E-state index contributed by atoms with van der Waals surface area (Å²) in [4.78, 5) is 0. The fourth-order valence-electron chi connectivity index (χ4n) is 2.14. The molecular weight excluding hydrogens is 250 g/mol. The summed E-state index contributed by atoms with van der Waals surface area (Å²) in [7, 11) is 0. The minimum absolute atomic E-state index is 0.0868. The molecule has 0 aromatic heterocycles. The van der Waals surface area contributed by atoms with Crippen molar-refractivity contribution in [3.63, 3.8) is 0 Å². The van der Waals surface area contributed by atoms with Gasteiger partial charge in [-0.25, -0.2) is 0 Å². The third kappa shape index (κ3) is 2.50. The van der Waals surface area contributed by atoms with E-state index in [4.69, 9.17) is 5.73 Å². The second-order valence-electron chi connectivity index (χ2n) is 4.21. The van der Waals surface area contributed by atoms with E-state index in [1.807, 2.05) is 0 Å². The Kier molecular flexibility index (Phi) is 3.27. The van der Waals surface area contributed by atoms with E-state index in [1.54, 1.807) is 0 Å². The van der Waals surface area contributed by atoms with E-state index >= 15 is 0 Å². The summed E-state index contributed by atoms with van der Waals surface area (Å²) in [6.07, 6.45) is 5.90. The molecule has 1 aliphatic rings. The molecule has 0 fully saturated rings. The number of aryl methyl sites for hydroxylation is 1. The third-order valence-corrected chi connectivity index (χ3v) is 3.36. The van der Waals surface area contributed by atoms with Gasteiger partial charge in [0.15, 0.2) is 0 Å². The monoisotopic (exact) mass is 265 g/mol. The molecule has 2 heteroatoms. The molecule has 1 aromatic carbocycles. The number of hydrogen-bond donors (Lipinski definition) is 1. The van der Waals surface area contributed by atoms with Crippen LogP contribution in [0.2, 0.25) is 0 Å². The Hall–Kier alpha value is -0.600. The Morgan fingerprint density at radius 3 is 2.73 bits per heavy atom. The second-order valence-corrected chi connectivity index (χ2v) is 5.13. The van der Waals surface area contributed by atoms with E-state index in [2.05, 4.69) is 47.1 Å². The van der Waals surface area contributed by atoms with Crippen molar-refractivity contribution in [1.82, 2.24) is 0 Å². The van der Waals surface area contributed by atoms with Crippen LogP contribution in [0.15, 0.2) is 34.3 Å². The number of rotatable bonds is 2. The quantitative estimate of drug-likeness (QED) is 0.808. The van der Waals surface area contributed by atoms with Gasteiger partial charge in [-0.2, -0.15) is 0 Å². The first-order valence-electron chi connectivity index (χ1n) is 5.38. The number of halogens is 1. The Labute approximate surface area is 99.5 Å². The average Bonchev–Trinajstić information content (AvgIpc) is 2.67. The van der Waals surface area contributed by atoms with E-state index in [9.17, 15) is 0 Å². The normalized spacial score (nSPS) is 17.7. The summed E-state index contributed by atoms with van der Waals surface area (Å²) >= 11 is 3.51. The second kappa shape index (κ2) is 4.50. The van der Waals surface area contributed by atoms with Crippen LogP contribution in [0.1, 0.15) is 36.4 Å². The molecule has 0 saturated heterocycles. The molecule has 0 heterocycles. The average molecular weight is 266 g/mol. The van der Waals surface area contributed by atoms with Crippen molar-refractivity contribution in [1.29, 1.82) is 0 Å². The van der Waals surface area contributed by atoms with Crippen molar-refractivity contribution in [2.24, 2.45) is 5.73 Å². The predicted molar refractivity (Wildman–Crippen MR) is 67.7 cm³/mol. The zero-order valence-corrected chi connectivity index (χ0v) is 10.5. The summed E-state index contributed by atoms with van der Waals surface area (Å²) in [6.45, 7) is 2.10. The SMILES string of the molecule is Cc1cc(Br)cc(C(N)C2=CCCC2)c1. The topological polar surface area (TPSA) is 26.0 Å². The van der Waals surface area contributed by atoms with Crippen molar-refractivity contribution in [2.75, 3.05) is 0 Å². The van der Waals surface area contributed by atoms with Gasteiger partial charge in [0, 0.05) is 4.47 Å². The fourth-order valence-corrected chi connectivity index (χ4v) is 2.76. The maximum absolute atomic E-state index is 6.25. The van der Waals surface area contributed by atoms with Crippen molar-refractivity contribution < 1.29 is 0 Å². The van der Waals surface area contributed by atoms with Crippen LogP contribution in [0.4, 0.5) is 0 Å². The van der Waals surface area contributed by atoms with Gasteiger partial charge in [-0.1, -0.05) is 33.6 Å². The van der Waals surface area contributed by atoms with E-state index in [1.165, 1.54) is 29.5 Å². The van der Waals surface area contributed by atoms with Crippen molar-refractivity contribution in [2.45, 2.75) is 32.2 Å². The van der Waals surface area contributed by atoms with Crippen molar-refractivity contribution in [3.05, 3.63) is 45.4 Å². The number of benzene rings is 1. The molecule has 1 atom stereocenters. The highest BCUT2D eigenvalue weighted by molar-refractivity contribution is 9.10. The minimum Gasteiger partial charge on any atom is -0.321 e. The smallest absolute Gasteiger partial charge is 0.0511 e. The first-order valence-corrected chi connectivity index (χ1v) is 6.18. The molecular formula is C13H16BrN. The molecule has 1 aliphatic carbocycles. The van der Waals surface area contributed by atoms with Gasteiger partial charge in [0.2, 0.25) is 0 Å². The maximum Gasteiger partial charge on any atom is 0.0511 e. The van der Waals surface area contributed by atoms with Crippen LogP contribution in [0.25, 0.3) is 0 Å². The summed E-state index contributed by atoms with van der Waals surface area (Å²) < 4.78 is 1.12. The van der Waals surface area contributed by atoms with Crippen LogP contribution < -0.4 is 5.73 Å². The van der Waals surface area contributed by atoms with Gasteiger partial charge >= 0.3 is 0 Å². The Bertz CT molecular complexity index is 375. The van der Waals surface area contributed by atoms with E-state index in [0.717, 1.165) is 10.9 Å². The Morgan fingerprint density at radius 1 is 1.33 bits per heavy atom. The molecule has 0 bridgehead atoms. The molecule has 1 unspecified atom stereocenters. The van der Waals surface area contributed by atoms with Crippen molar-refractivity contribution in [3.8, 4) is 0 Å². The molecule has 15 heavy (non-hydrogen) atoms. The van der Waals surface area contributed by atoms with E-state index < -0.39 is 0 Å². The van der Waals surface area contributed by atoms with Crippen molar-refractivity contribution >= 4 is 15.9 Å². The lowest BCUT2D eigenvalue weighted by atomic mass is 9.98. The third-order valence-electron chi connectivity index (χ3n) is 2.90. The van der Waals surface area contributed by atoms with Crippen LogP contribution in [0.5, 0.6) is 0 Å². The molecule has 2 N–H and O–H groups in total. The standard InChI is InChI=1S/C13H16BrN/c1-9-6-11(8-12(14)7-9)13(15)10-4-2-3-5-10/h4,6-8,13H,2-3,5,15H2,1H3. The molecule has 0 amide bonds. The van der Waals surface area contributed by atoms with Gasteiger partial charge in [-0.15, -0.1) is 0 Å². The first-order chi connectivity index (χ1) is 7.16. The highest BCUT2D eigenvalue weighted by Gasteiger charge is 2.15. The molecule has 80 valence electrons. The summed E-state index contributed by atoms with van der Waals surface area (Å²) in [5.74, 6) is 0. The number of hydrogen-bond acceptors (Lipinski definition) is 1. The van der Waals surface area contributed by atoms with Crippen LogP contribution in [0.3, 0.4) is 0 Å². The van der Waals surface area contributed by atoms with Crippen LogP contribution in [-0.4, -0.2) is 0 Å². The zero-order valence-electron chi connectivity index (χ0n) is 8.96. The van der Waals surface area contributed by atoms with Gasteiger partial charge in [-0.3, -0.25) is 0 Å². The first kappa shape index (κ1) is 10.9. The van der Waals surface area contributed by atoms with Gasteiger partial charge in [-0.05, 0) is 49.4 Å². The predicted octanol–water partition coefficient (Wildman–Crippen LogP) is 3.87. The minimum atomic E-state index is 0.0868. The lowest BCUT2D eigenvalue weighted by Gasteiger charge is -2.14. The van der Waals surface area contributed by atoms with Crippen LogP contribution in [0, 0.1) is 6.92 Å². The molecule has 0 spiro atoms. The number of allylic oxidation sites excluding steroid dienone is 1. The highest BCUT2D eigenvalue weighted by atomic mass is 79.9. The summed E-state index contributed by atoms with van der Waals surface area (Å²) in [6, 6.07) is 6.49. The van der Waals surface area contributed by atoms with E-state index in [0.29, 0.717) is 0 Å². The van der Waals surface area contributed by atoms with Gasteiger partial charge in [0.25, 0.3) is 0 Å². The Balaban J connectivity index is 2.28. The lowest BCUT2D eigenvalue weighted by Crippen LogP contribution is -2.12.